The Labute approximate surface area is 218 Å². The summed E-state index contributed by atoms with van der Waals surface area (Å²) in [6.45, 7) is 2.09. The van der Waals surface area contributed by atoms with Crippen LogP contribution in [0.25, 0.3) is 10.9 Å². The summed E-state index contributed by atoms with van der Waals surface area (Å²) in [5, 5.41) is 18.4. The zero-order valence-corrected chi connectivity index (χ0v) is 21.3. The highest BCUT2D eigenvalue weighted by molar-refractivity contribution is 5.85. The van der Waals surface area contributed by atoms with Crippen LogP contribution in [0.4, 0.5) is 0 Å². The number of nitriles is 1. The van der Waals surface area contributed by atoms with Crippen molar-refractivity contribution < 1.29 is 14.2 Å². The van der Waals surface area contributed by atoms with Crippen LogP contribution in [0.5, 0.6) is 17.2 Å². The van der Waals surface area contributed by atoms with Crippen molar-refractivity contribution in [1.82, 2.24) is 15.6 Å². The van der Waals surface area contributed by atoms with Crippen molar-refractivity contribution in [3.63, 3.8) is 0 Å². The Kier molecular flexibility index (Phi) is 6.86. The number of nitrogens with zero attached hydrogens (tertiary/aromatic N) is 2. The second-order valence-electron chi connectivity index (χ2n) is 10.6. The lowest BCUT2D eigenvalue weighted by molar-refractivity contribution is 0.152. The molecule has 2 fully saturated rings. The number of pyridine rings is 1. The van der Waals surface area contributed by atoms with Gasteiger partial charge in [0, 0.05) is 36.3 Å². The van der Waals surface area contributed by atoms with E-state index >= 15 is 0 Å². The summed E-state index contributed by atoms with van der Waals surface area (Å²) >= 11 is 0. The summed E-state index contributed by atoms with van der Waals surface area (Å²) in [5.41, 5.74) is 3.94. The van der Waals surface area contributed by atoms with Gasteiger partial charge in [0.1, 0.15) is 25.0 Å². The Morgan fingerprint density at radius 1 is 1.05 bits per heavy atom. The Bertz CT molecular complexity index is 1310. The van der Waals surface area contributed by atoms with Crippen molar-refractivity contribution in [2.45, 2.75) is 63.2 Å². The number of fused-ring (bicyclic) bond motifs is 4. The third kappa shape index (κ3) is 5.22. The molecule has 0 amide bonds. The number of nitrogens with one attached hydrogen (secondary N) is 2. The molecule has 2 unspecified atom stereocenters. The van der Waals surface area contributed by atoms with E-state index in [2.05, 4.69) is 33.8 Å². The number of hydrogen-bond donors (Lipinski definition) is 2. The van der Waals surface area contributed by atoms with Gasteiger partial charge in [0.2, 0.25) is 0 Å². The molecule has 0 spiro atoms. The Morgan fingerprint density at radius 3 is 2.65 bits per heavy atom. The number of aryl methyl sites for hydroxylation is 1. The molecule has 192 valence electrons. The molecule has 2 aromatic carbocycles. The van der Waals surface area contributed by atoms with Crippen LogP contribution in [-0.4, -0.2) is 43.4 Å². The standard InChI is InChI=1S/C30H34N4O3/c1-35-25-4-6-28-27(15-25)26(21(16-31)18-33-28)5-2-19-10-23-13-22(14-24(11-19)34-23)32-17-20-3-7-29-30(12-20)37-9-8-36-29/h3-4,6-7,12,15,18-19,22-24,32,34H,2,5,8-11,13-14,17H2,1H3. The zero-order valence-electron chi connectivity index (χ0n) is 21.3. The minimum absolute atomic E-state index is 0.521. The number of ether oxygens (including phenoxy) is 3. The van der Waals surface area contributed by atoms with Gasteiger partial charge in [-0.25, -0.2) is 0 Å². The van der Waals surface area contributed by atoms with Crippen molar-refractivity contribution in [2.24, 2.45) is 5.92 Å². The highest BCUT2D eigenvalue weighted by Gasteiger charge is 2.35. The van der Waals surface area contributed by atoms with E-state index in [4.69, 9.17) is 14.2 Å². The van der Waals surface area contributed by atoms with Gasteiger partial charge < -0.3 is 24.8 Å². The van der Waals surface area contributed by atoms with Gasteiger partial charge in [0.15, 0.2) is 11.5 Å². The lowest BCUT2D eigenvalue weighted by Gasteiger charge is -2.44. The van der Waals surface area contributed by atoms with Crippen molar-refractivity contribution in [2.75, 3.05) is 20.3 Å². The van der Waals surface area contributed by atoms with Gasteiger partial charge in [-0.2, -0.15) is 5.26 Å². The molecule has 7 nitrogen and oxygen atoms in total. The fourth-order valence-electron chi connectivity index (χ4n) is 6.41. The molecule has 0 aliphatic carbocycles. The second kappa shape index (κ2) is 10.6. The van der Waals surface area contributed by atoms with E-state index in [9.17, 15) is 5.26 Å². The lowest BCUT2D eigenvalue weighted by atomic mass is 9.76. The van der Waals surface area contributed by atoms with Crippen LogP contribution in [0.3, 0.4) is 0 Å². The summed E-state index contributed by atoms with van der Waals surface area (Å²) in [5.74, 6) is 3.17. The van der Waals surface area contributed by atoms with E-state index in [1.54, 1.807) is 13.3 Å². The average Bonchev–Trinajstić information content (AvgIpc) is 2.93. The summed E-state index contributed by atoms with van der Waals surface area (Å²) in [6, 6.07) is 16.2. The molecule has 6 rings (SSSR count). The number of benzene rings is 2. The largest absolute Gasteiger partial charge is 0.497 e. The zero-order chi connectivity index (χ0) is 25.2. The fourth-order valence-corrected chi connectivity index (χ4v) is 6.41. The Hall–Kier alpha value is -3.34. The molecular formula is C30H34N4O3. The summed E-state index contributed by atoms with van der Waals surface area (Å²) in [4.78, 5) is 4.49. The van der Waals surface area contributed by atoms with Crippen LogP contribution < -0.4 is 24.8 Å². The molecule has 4 heterocycles. The molecule has 37 heavy (non-hydrogen) atoms. The van der Waals surface area contributed by atoms with E-state index in [1.165, 1.54) is 18.4 Å². The minimum atomic E-state index is 0.521. The number of piperidine rings is 2. The van der Waals surface area contributed by atoms with Crippen LogP contribution in [0.15, 0.2) is 42.6 Å². The van der Waals surface area contributed by atoms with E-state index in [1.807, 2.05) is 24.3 Å². The van der Waals surface area contributed by atoms with Gasteiger partial charge >= 0.3 is 0 Å². The number of rotatable bonds is 7. The molecule has 3 aliphatic heterocycles. The predicted molar refractivity (Wildman–Crippen MR) is 142 cm³/mol. The molecule has 1 aromatic heterocycles. The number of aromatic nitrogens is 1. The summed E-state index contributed by atoms with van der Waals surface area (Å²) < 4.78 is 16.8. The van der Waals surface area contributed by atoms with E-state index in [0.29, 0.717) is 42.8 Å². The van der Waals surface area contributed by atoms with Crippen molar-refractivity contribution in [1.29, 1.82) is 5.26 Å². The second-order valence-corrected chi connectivity index (χ2v) is 10.6. The Balaban J connectivity index is 1.06. The molecular weight excluding hydrogens is 464 g/mol. The first-order valence-corrected chi connectivity index (χ1v) is 13.4. The predicted octanol–water partition coefficient (Wildman–Crippen LogP) is 4.51. The molecule has 2 saturated heterocycles. The summed E-state index contributed by atoms with van der Waals surface area (Å²) in [7, 11) is 1.68. The average molecular weight is 499 g/mol. The van der Waals surface area contributed by atoms with Crippen LogP contribution in [0, 0.1) is 17.2 Å². The van der Waals surface area contributed by atoms with Crippen LogP contribution in [0.1, 0.15) is 48.8 Å². The van der Waals surface area contributed by atoms with Crippen LogP contribution >= 0.6 is 0 Å². The molecule has 0 saturated carbocycles. The van der Waals surface area contributed by atoms with E-state index < -0.39 is 0 Å². The van der Waals surface area contributed by atoms with Crippen LogP contribution in [-0.2, 0) is 13.0 Å². The number of hydrogen-bond acceptors (Lipinski definition) is 7. The first-order valence-electron chi connectivity index (χ1n) is 13.4. The van der Waals surface area contributed by atoms with Crippen molar-refractivity contribution in [3.05, 3.63) is 59.3 Å². The molecule has 3 aliphatic rings. The van der Waals surface area contributed by atoms with Gasteiger partial charge in [-0.15, -0.1) is 0 Å². The number of methoxy groups -OCH3 is 1. The molecule has 3 aromatic rings. The molecule has 0 radical (unpaired) electrons. The highest BCUT2D eigenvalue weighted by atomic mass is 16.6. The molecule has 2 N–H and O–H groups in total. The van der Waals surface area contributed by atoms with Gasteiger partial charge in [0.05, 0.1) is 18.2 Å². The van der Waals surface area contributed by atoms with Gasteiger partial charge in [0.25, 0.3) is 0 Å². The molecule has 2 atom stereocenters. The van der Waals surface area contributed by atoms with Crippen molar-refractivity contribution >= 4 is 10.9 Å². The van der Waals surface area contributed by atoms with Gasteiger partial charge in [-0.05, 0) is 85.9 Å². The topological polar surface area (TPSA) is 88.4 Å². The maximum absolute atomic E-state index is 9.74. The fraction of sp³-hybridized carbons (Fsp3) is 0.467. The van der Waals surface area contributed by atoms with Crippen LogP contribution in [0.2, 0.25) is 0 Å². The lowest BCUT2D eigenvalue weighted by Crippen LogP contribution is -2.55. The van der Waals surface area contributed by atoms with E-state index in [0.717, 1.165) is 65.9 Å². The normalized spacial score (nSPS) is 24.4. The molecule has 7 heteroatoms. The third-order valence-corrected chi connectivity index (χ3v) is 8.16. The van der Waals surface area contributed by atoms with Crippen molar-refractivity contribution in [3.8, 4) is 23.3 Å². The maximum Gasteiger partial charge on any atom is 0.161 e. The highest BCUT2D eigenvalue weighted by Crippen LogP contribution is 2.35. The smallest absolute Gasteiger partial charge is 0.161 e. The minimum Gasteiger partial charge on any atom is -0.497 e. The Morgan fingerprint density at radius 2 is 1.86 bits per heavy atom. The third-order valence-electron chi connectivity index (χ3n) is 8.16. The maximum atomic E-state index is 9.74. The quantitative estimate of drug-likeness (QED) is 0.496. The first-order chi connectivity index (χ1) is 18.2. The summed E-state index contributed by atoms with van der Waals surface area (Å²) in [6.07, 6.45) is 8.38. The SMILES string of the molecule is COc1ccc2ncc(C#N)c(CCC3CC4CC(NCc5ccc6c(c5)OCCO6)CC(C3)N4)c2c1. The monoisotopic (exact) mass is 498 g/mol. The van der Waals surface area contributed by atoms with Gasteiger partial charge in [-0.1, -0.05) is 6.07 Å². The first kappa shape index (κ1) is 24.0. The van der Waals surface area contributed by atoms with E-state index in [-0.39, 0.29) is 0 Å². The van der Waals surface area contributed by atoms with Gasteiger partial charge in [-0.3, -0.25) is 4.98 Å². The molecule has 2 bridgehead atoms.